The molecule has 0 atom stereocenters. The molecule has 1 amide bonds. The molecular weight excluding hydrogens is 260 g/mol. The Bertz CT molecular complexity index is 492. The summed E-state index contributed by atoms with van der Waals surface area (Å²) in [4.78, 5) is 26.6. The molecule has 0 saturated heterocycles. The number of nitrogens with one attached hydrogen (secondary N) is 1. The van der Waals surface area contributed by atoms with E-state index in [2.05, 4.69) is 10.3 Å². The minimum Gasteiger partial charge on any atom is -0.481 e. The summed E-state index contributed by atoms with van der Waals surface area (Å²) in [5.74, 6) is -0.888. The van der Waals surface area contributed by atoms with E-state index in [9.17, 15) is 9.59 Å². The fourth-order valence-corrected chi connectivity index (χ4v) is 2.03. The van der Waals surface area contributed by atoms with Crippen LogP contribution in [0.1, 0.15) is 37.0 Å². The molecule has 0 unspecified atom stereocenters. The molecule has 1 heterocycles. The number of carboxylic acids is 1. The Balaban J connectivity index is 1.85. The van der Waals surface area contributed by atoms with Gasteiger partial charge in [0.05, 0.1) is 17.6 Å². The number of carbonyl (C=O) groups is 2. The molecule has 108 valence electrons. The first-order valence-corrected chi connectivity index (χ1v) is 6.62. The first kappa shape index (κ1) is 14.3. The Morgan fingerprint density at radius 2 is 2.10 bits per heavy atom. The summed E-state index contributed by atoms with van der Waals surface area (Å²) in [6.07, 6.45) is 2.47. The van der Waals surface area contributed by atoms with Crippen molar-refractivity contribution in [1.82, 2.24) is 10.3 Å². The fraction of sp³-hybridized carbons (Fsp3) is 0.500. The summed E-state index contributed by atoms with van der Waals surface area (Å²) >= 11 is 0. The van der Waals surface area contributed by atoms with Gasteiger partial charge in [-0.2, -0.15) is 0 Å². The molecule has 0 aromatic carbocycles. The zero-order valence-electron chi connectivity index (χ0n) is 11.5. The predicted molar refractivity (Wildman–Crippen MR) is 71.6 cm³/mol. The van der Waals surface area contributed by atoms with Crippen molar-refractivity contribution in [3.63, 3.8) is 0 Å². The quantitative estimate of drug-likeness (QED) is 0.851. The van der Waals surface area contributed by atoms with E-state index in [1.54, 1.807) is 12.1 Å². The highest BCUT2D eigenvalue weighted by molar-refractivity contribution is 5.94. The van der Waals surface area contributed by atoms with Gasteiger partial charge in [-0.15, -0.1) is 0 Å². The number of ether oxygens (including phenoxy) is 1. The second kappa shape index (κ2) is 5.90. The second-order valence-corrected chi connectivity index (χ2v) is 5.23. The van der Waals surface area contributed by atoms with Gasteiger partial charge in [-0.3, -0.25) is 9.59 Å². The summed E-state index contributed by atoms with van der Waals surface area (Å²) in [5.41, 5.74) is 0.444. The van der Waals surface area contributed by atoms with E-state index in [0.29, 0.717) is 24.3 Å². The molecule has 0 radical (unpaired) electrons. The monoisotopic (exact) mass is 278 g/mol. The van der Waals surface area contributed by atoms with Crippen LogP contribution >= 0.6 is 0 Å². The molecule has 1 aromatic heterocycles. The van der Waals surface area contributed by atoms with Crippen LogP contribution in [0.2, 0.25) is 0 Å². The fourth-order valence-electron chi connectivity index (χ4n) is 2.03. The Kier molecular flexibility index (Phi) is 4.22. The smallest absolute Gasteiger partial charge is 0.306 e. The van der Waals surface area contributed by atoms with Crippen LogP contribution in [0.25, 0.3) is 0 Å². The Hall–Kier alpha value is -2.11. The van der Waals surface area contributed by atoms with Crippen molar-refractivity contribution in [3.05, 3.63) is 23.9 Å². The molecule has 1 saturated carbocycles. The number of hydrogen-bond donors (Lipinski definition) is 2. The topological polar surface area (TPSA) is 88.5 Å². The molecule has 6 nitrogen and oxygen atoms in total. The van der Waals surface area contributed by atoms with E-state index in [0.717, 1.165) is 0 Å². The molecular formula is C14H18N2O4. The van der Waals surface area contributed by atoms with Crippen LogP contribution in [-0.4, -0.2) is 34.1 Å². The van der Waals surface area contributed by atoms with Crippen molar-refractivity contribution >= 4 is 11.9 Å². The molecule has 0 spiro atoms. The van der Waals surface area contributed by atoms with Gasteiger partial charge in [-0.25, -0.2) is 4.98 Å². The summed E-state index contributed by atoms with van der Waals surface area (Å²) in [7, 11) is 0. The minimum absolute atomic E-state index is 0.0325. The highest BCUT2D eigenvalue weighted by atomic mass is 16.5. The molecule has 2 N–H and O–H groups in total. The number of carboxylic acid groups (broad SMARTS) is 1. The van der Waals surface area contributed by atoms with Gasteiger partial charge in [0.15, 0.2) is 0 Å². The lowest BCUT2D eigenvalue weighted by molar-refractivity contribution is -0.145. The molecule has 0 bridgehead atoms. The molecule has 1 aliphatic rings. The third-order valence-corrected chi connectivity index (χ3v) is 3.18. The maximum Gasteiger partial charge on any atom is 0.306 e. The number of carbonyl (C=O) groups excluding carboxylic acids is 1. The number of aromatic nitrogens is 1. The summed E-state index contributed by atoms with van der Waals surface area (Å²) in [6.45, 7) is 3.80. The van der Waals surface area contributed by atoms with Crippen LogP contribution in [0.4, 0.5) is 0 Å². The molecule has 1 aromatic rings. The minimum atomic E-state index is -0.799. The molecule has 20 heavy (non-hydrogen) atoms. The molecule has 6 heteroatoms. The molecule has 2 rings (SSSR count). The standard InChI is InChI=1S/C14H18N2O4/c1-8(2)20-12-4-3-9(7-15-12)13(17)16-11-5-10(6-11)14(18)19/h3-4,7-8,10-11H,5-6H2,1-2H3,(H,16,17)(H,18,19). The number of pyridine rings is 1. The number of rotatable bonds is 5. The van der Waals surface area contributed by atoms with E-state index in [1.807, 2.05) is 13.8 Å². The third kappa shape index (κ3) is 3.46. The van der Waals surface area contributed by atoms with Crippen molar-refractivity contribution in [2.45, 2.75) is 38.8 Å². The lowest BCUT2D eigenvalue weighted by atomic mass is 9.80. The van der Waals surface area contributed by atoms with Crippen molar-refractivity contribution in [1.29, 1.82) is 0 Å². The van der Waals surface area contributed by atoms with Crippen LogP contribution in [0, 0.1) is 5.92 Å². The summed E-state index contributed by atoms with van der Waals surface area (Å²) in [5, 5.41) is 11.6. The van der Waals surface area contributed by atoms with Crippen LogP contribution in [0.15, 0.2) is 18.3 Å². The SMILES string of the molecule is CC(C)Oc1ccc(C(=O)NC2CC(C(=O)O)C2)cn1. The van der Waals surface area contributed by atoms with Gasteiger partial charge < -0.3 is 15.2 Å². The van der Waals surface area contributed by atoms with Gasteiger partial charge in [0.25, 0.3) is 5.91 Å². The van der Waals surface area contributed by atoms with Gasteiger partial charge in [-0.1, -0.05) is 0 Å². The second-order valence-electron chi connectivity index (χ2n) is 5.23. The van der Waals surface area contributed by atoms with E-state index >= 15 is 0 Å². The highest BCUT2D eigenvalue weighted by Crippen LogP contribution is 2.27. The van der Waals surface area contributed by atoms with Gasteiger partial charge >= 0.3 is 5.97 Å². The lowest BCUT2D eigenvalue weighted by Gasteiger charge is -2.32. The summed E-state index contributed by atoms with van der Waals surface area (Å²) < 4.78 is 5.39. The number of amides is 1. The molecule has 0 aliphatic heterocycles. The van der Waals surface area contributed by atoms with Crippen molar-refractivity contribution in [3.8, 4) is 5.88 Å². The van der Waals surface area contributed by atoms with E-state index < -0.39 is 5.97 Å². The zero-order valence-corrected chi connectivity index (χ0v) is 11.5. The first-order chi connectivity index (χ1) is 9.45. The van der Waals surface area contributed by atoms with E-state index in [-0.39, 0.29) is 24.0 Å². The number of aliphatic carboxylic acids is 1. The highest BCUT2D eigenvalue weighted by Gasteiger charge is 2.35. The van der Waals surface area contributed by atoms with Crippen LogP contribution in [-0.2, 0) is 4.79 Å². The molecule has 1 fully saturated rings. The predicted octanol–water partition coefficient (Wildman–Crippen LogP) is 1.46. The first-order valence-electron chi connectivity index (χ1n) is 6.62. The average Bonchev–Trinajstić information content (AvgIpc) is 2.32. The van der Waals surface area contributed by atoms with E-state index in [4.69, 9.17) is 9.84 Å². The van der Waals surface area contributed by atoms with Crippen molar-refractivity contribution < 1.29 is 19.4 Å². The van der Waals surface area contributed by atoms with Crippen LogP contribution in [0.5, 0.6) is 5.88 Å². The van der Waals surface area contributed by atoms with Gasteiger partial charge in [0, 0.05) is 18.3 Å². The number of hydrogen-bond acceptors (Lipinski definition) is 4. The summed E-state index contributed by atoms with van der Waals surface area (Å²) in [6, 6.07) is 3.23. The Morgan fingerprint density at radius 1 is 1.40 bits per heavy atom. The Morgan fingerprint density at radius 3 is 2.60 bits per heavy atom. The van der Waals surface area contributed by atoms with Crippen LogP contribution in [0.3, 0.4) is 0 Å². The third-order valence-electron chi connectivity index (χ3n) is 3.18. The van der Waals surface area contributed by atoms with Crippen molar-refractivity contribution in [2.75, 3.05) is 0 Å². The van der Waals surface area contributed by atoms with Gasteiger partial charge in [-0.05, 0) is 32.8 Å². The number of nitrogens with zero attached hydrogens (tertiary/aromatic N) is 1. The maximum atomic E-state index is 11.9. The Labute approximate surface area is 117 Å². The van der Waals surface area contributed by atoms with E-state index in [1.165, 1.54) is 6.20 Å². The largest absolute Gasteiger partial charge is 0.481 e. The average molecular weight is 278 g/mol. The van der Waals surface area contributed by atoms with Crippen LogP contribution < -0.4 is 10.1 Å². The maximum absolute atomic E-state index is 11.9. The van der Waals surface area contributed by atoms with Gasteiger partial charge in [0.2, 0.25) is 5.88 Å². The lowest BCUT2D eigenvalue weighted by Crippen LogP contribution is -2.46. The normalized spacial score (nSPS) is 21.1. The van der Waals surface area contributed by atoms with Gasteiger partial charge in [0.1, 0.15) is 0 Å². The zero-order chi connectivity index (χ0) is 14.7. The molecule has 1 aliphatic carbocycles. The van der Waals surface area contributed by atoms with Crippen molar-refractivity contribution in [2.24, 2.45) is 5.92 Å².